The van der Waals surface area contributed by atoms with Crippen LogP contribution in [0.15, 0.2) is 30.4 Å². The van der Waals surface area contributed by atoms with Gasteiger partial charge in [-0.1, -0.05) is 32.9 Å². The van der Waals surface area contributed by atoms with Crippen molar-refractivity contribution in [3.63, 3.8) is 0 Å². The molecule has 2 amide bonds. The number of anilines is 1. The molecule has 0 aliphatic heterocycles. The molecule has 142 valence electrons. The minimum atomic E-state index is -1.30. The number of hydrogen-bond acceptors (Lipinski definition) is 4. The van der Waals surface area contributed by atoms with E-state index in [9.17, 15) is 19.5 Å². The average Bonchev–Trinajstić information content (AvgIpc) is 2.55. The summed E-state index contributed by atoms with van der Waals surface area (Å²) in [6, 6.07) is 3.04. The summed E-state index contributed by atoms with van der Waals surface area (Å²) in [6.07, 6.45) is 5.09. The van der Waals surface area contributed by atoms with Gasteiger partial charge < -0.3 is 20.8 Å². The smallest absolute Gasteiger partial charge is 0.339 e. The van der Waals surface area contributed by atoms with Gasteiger partial charge in [0.15, 0.2) is 0 Å². The maximum atomic E-state index is 12.5. The van der Waals surface area contributed by atoms with Crippen LogP contribution in [0, 0.1) is 5.92 Å². The Balaban J connectivity index is 2.86. The number of aromatic hydroxyl groups is 1. The van der Waals surface area contributed by atoms with Crippen molar-refractivity contribution in [3.8, 4) is 5.75 Å². The van der Waals surface area contributed by atoms with Crippen LogP contribution >= 0.6 is 0 Å². The predicted molar refractivity (Wildman–Crippen MR) is 99.1 cm³/mol. The van der Waals surface area contributed by atoms with E-state index in [-0.39, 0.29) is 35.2 Å². The van der Waals surface area contributed by atoms with Gasteiger partial charge in [-0.2, -0.15) is 0 Å². The highest BCUT2D eigenvalue weighted by Crippen LogP contribution is 2.22. The van der Waals surface area contributed by atoms with Crippen LogP contribution in [0.3, 0.4) is 0 Å². The number of phenols is 1. The van der Waals surface area contributed by atoms with Crippen LogP contribution in [0.1, 0.15) is 50.4 Å². The summed E-state index contributed by atoms with van der Waals surface area (Å²) >= 11 is 0. The van der Waals surface area contributed by atoms with Gasteiger partial charge in [0.2, 0.25) is 11.8 Å². The number of allylic oxidation sites excluding steroid dienone is 1. The zero-order valence-corrected chi connectivity index (χ0v) is 15.3. The second-order valence-electron chi connectivity index (χ2n) is 6.36. The molecular formula is C19H26N2O5. The summed E-state index contributed by atoms with van der Waals surface area (Å²) in [4.78, 5) is 35.6. The Morgan fingerprint density at radius 2 is 1.88 bits per heavy atom. The number of carboxylic acid groups (broad SMARTS) is 1. The first kappa shape index (κ1) is 21.2. The van der Waals surface area contributed by atoms with Crippen molar-refractivity contribution < 1.29 is 24.6 Å². The van der Waals surface area contributed by atoms with E-state index in [0.29, 0.717) is 6.42 Å². The van der Waals surface area contributed by atoms with E-state index in [1.54, 1.807) is 6.08 Å². The van der Waals surface area contributed by atoms with Crippen molar-refractivity contribution in [3.05, 3.63) is 35.9 Å². The van der Waals surface area contributed by atoms with Gasteiger partial charge in [0.05, 0.1) is 0 Å². The van der Waals surface area contributed by atoms with E-state index >= 15 is 0 Å². The Labute approximate surface area is 153 Å². The molecule has 7 heteroatoms. The lowest BCUT2D eigenvalue weighted by molar-refractivity contribution is -0.126. The zero-order chi connectivity index (χ0) is 19.7. The summed E-state index contributed by atoms with van der Waals surface area (Å²) in [7, 11) is 0. The second-order valence-corrected chi connectivity index (χ2v) is 6.36. The van der Waals surface area contributed by atoms with Crippen molar-refractivity contribution in [2.45, 2.75) is 46.1 Å². The molecule has 0 bridgehead atoms. The van der Waals surface area contributed by atoms with E-state index in [4.69, 9.17) is 5.11 Å². The topological polar surface area (TPSA) is 116 Å². The molecule has 26 heavy (non-hydrogen) atoms. The minimum absolute atomic E-state index is 0.173. The summed E-state index contributed by atoms with van der Waals surface area (Å²) in [5, 5.41) is 23.9. The fraction of sp³-hybridized carbons (Fsp3) is 0.421. The number of aromatic carboxylic acids is 1. The molecule has 0 aliphatic carbocycles. The molecule has 1 unspecified atom stereocenters. The van der Waals surface area contributed by atoms with Crippen LogP contribution in [0.25, 0.3) is 0 Å². The van der Waals surface area contributed by atoms with E-state index in [0.717, 1.165) is 6.42 Å². The lowest BCUT2D eigenvalue weighted by atomic mass is 10.0. The first-order valence-electron chi connectivity index (χ1n) is 8.56. The lowest BCUT2D eigenvalue weighted by Crippen LogP contribution is -2.44. The summed E-state index contributed by atoms with van der Waals surface area (Å²) in [5.41, 5.74) is -0.0731. The highest BCUT2D eigenvalue weighted by Gasteiger charge is 2.22. The number of carboxylic acids is 1. The normalized spacial score (nSPS) is 12.2. The third-order valence-electron chi connectivity index (χ3n) is 3.56. The number of carbonyl (C=O) groups excluding carboxylic acids is 2. The zero-order valence-electron chi connectivity index (χ0n) is 15.3. The molecule has 0 radical (unpaired) electrons. The third-order valence-corrected chi connectivity index (χ3v) is 3.56. The van der Waals surface area contributed by atoms with Gasteiger partial charge >= 0.3 is 5.97 Å². The van der Waals surface area contributed by atoms with E-state index in [2.05, 4.69) is 10.6 Å². The van der Waals surface area contributed by atoms with Gasteiger partial charge in [-0.05, 0) is 37.0 Å². The van der Waals surface area contributed by atoms with Crippen molar-refractivity contribution in [1.29, 1.82) is 0 Å². The quantitative estimate of drug-likeness (QED) is 0.398. The van der Waals surface area contributed by atoms with Gasteiger partial charge in [0.1, 0.15) is 17.4 Å². The van der Waals surface area contributed by atoms with Crippen molar-refractivity contribution >= 4 is 23.5 Å². The van der Waals surface area contributed by atoms with E-state index in [1.807, 2.05) is 26.8 Å². The maximum Gasteiger partial charge on any atom is 0.339 e. The van der Waals surface area contributed by atoms with Crippen LogP contribution in [0.2, 0.25) is 0 Å². The van der Waals surface area contributed by atoms with Crippen LogP contribution in [0.5, 0.6) is 5.75 Å². The first-order valence-corrected chi connectivity index (χ1v) is 8.56. The average molecular weight is 362 g/mol. The van der Waals surface area contributed by atoms with Crippen LogP contribution in [-0.4, -0.2) is 34.0 Å². The maximum absolute atomic E-state index is 12.5. The standard InChI is InChI=1S/C19H26N2O5/c1-4-5-6-7-17(23)21-15(10-12(2)3)18(24)20-13-8-9-16(22)14(11-13)19(25)26/h5-6,8-9,11-12,15,22H,4,7,10H2,1-3H3,(H,20,24)(H,21,23)(H,25,26)/b6-5-. The Kier molecular flexibility index (Phi) is 8.34. The van der Waals surface area contributed by atoms with Crippen LogP contribution in [0.4, 0.5) is 5.69 Å². The molecule has 0 aromatic heterocycles. The number of carbonyl (C=O) groups is 3. The van der Waals surface area contributed by atoms with Gasteiger partial charge in [-0.25, -0.2) is 4.79 Å². The highest BCUT2D eigenvalue weighted by atomic mass is 16.4. The number of nitrogens with one attached hydrogen (secondary N) is 2. The molecule has 1 atom stereocenters. The monoisotopic (exact) mass is 362 g/mol. The molecule has 0 aliphatic rings. The summed E-state index contributed by atoms with van der Waals surface area (Å²) in [5.74, 6) is -2.20. The molecule has 0 fully saturated rings. The number of benzene rings is 1. The third kappa shape index (κ3) is 6.96. The molecule has 7 nitrogen and oxygen atoms in total. The van der Waals surface area contributed by atoms with Gasteiger partial charge in [-0.15, -0.1) is 0 Å². The molecule has 1 aromatic rings. The van der Waals surface area contributed by atoms with Crippen molar-refractivity contribution in [2.75, 3.05) is 5.32 Å². The van der Waals surface area contributed by atoms with Crippen molar-refractivity contribution in [1.82, 2.24) is 5.32 Å². The SMILES string of the molecule is CC/C=C\CC(=O)NC(CC(C)C)C(=O)Nc1ccc(O)c(C(=O)O)c1. The molecule has 0 spiro atoms. The Morgan fingerprint density at radius 3 is 2.46 bits per heavy atom. The largest absolute Gasteiger partial charge is 0.507 e. The summed E-state index contributed by atoms with van der Waals surface area (Å²) in [6.45, 7) is 5.84. The van der Waals surface area contributed by atoms with Gasteiger partial charge in [0, 0.05) is 12.1 Å². The van der Waals surface area contributed by atoms with Gasteiger partial charge in [0.25, 0.3) is 0 Å². The fourth-order valence-electron chi connectivity index (χ4n) is 2.33. The Bertz CT molecular complexity index is 683. The fourth-order valence-corrected chi connectivity index (χ4v) is 2.33. The summed E-state index contributed by atoms with van der Waals surface area (Å²) < 4.78 is 0. The van der Waals surface area contributed by atoms with Crippen LogP contribution in [-0.2, 0) is 9.59 Å². The van der Waals surface area contributed by atoms with E-state index < -0.39 is 17.9 Å². The number of rotatable bonds is 9. The molecule has 1 aromatic carbocycles. The van der Waals surface area contributed by atoms with Crippen LogP contribution < -0.4 is 10.6 Å². The lowest BCUT2D eigenvalue weighted by Gasteiger charge is -2.20. The van der Waals surface area contributed by atoms with Crippen molar-refractivity contribution in [2.24, 2.45) is 5.92 Å². The van der Waals surface area contributed by atoms with E-state index in [1.165, 1.54) is 18.2 Å². The molecule has 0 saturated carbocycles. The minimum Gasteiger partial charge on any atom is -0.507 e. The Morgan fingerprint density at radius 1 is 1.19 bits per heavy atom. The van der Waals surface area contributed by atoms with Gasteiger partial charge in [-0.3, -0.25) is 9.59 Å². The molecule has 0 heterocycles. The Hall–Kier alpha value is -2.83. The highest BCUT2D eigenvalue weighted by molar-refractivity contribution is 5.99. The molecule has 4 N–H and O–H groups in total. The second kappa shape index (κ2) is 10.2. The molecular weight excluding hydrogens is 336 g/mol. The molecule has 1 rings (SSSR count). The molecule has 0 saturated heterocycles. The number of amides is 2. The first-order chi connectivity index (χ1) is 12.2. The number of hydrogen-bond donors (Lipinski definition) is 4. The predicted octanol–water partition coefficient (Wildman–Crippen LogP) is 2.92.